The van der Waals surface area contributed by atoms with Crippen molar-refractivity contribution < 1.29 is 14.6 Å². The van der Waals surface area contributed by atoms with Crippen LogP contribution in [0.5, 0.6) is 11.5 Å². The summed E-state index contributed by atoms with van der Waals surface area (Å²) in [5, 5.41) is 12.6. The zero-order chi connectivity index (χ0) is 14.7. The lowest BCUT2D eigenvalue weighted by atomic mass is 10.2. The average Bonchev–Trinajstić information content (AvgIpc) is 2.42. The predicted molar refractivity (Wildman–Crippen MR) is 79.1 cm³/mol. The molecule has 0 saturated carbocycles. The van der Waals surface area contributed by atoms with Crippen LogP contribution >= 0.6 is 23.2 Å². The zero-order valence-corrected chi connectivity index (χ0v) is 12.0. The Morgan fingerprint density at radius 1 is 1.20 bits per heavy atom. The van der Waals surface area contributed by atoms with Gasteiger partial charge in [0.05, 0.1) is 17.8 Å². The summed E-state index contributed by atoms with van der Waals surface area (Å²) in [6.07, 6.45) is 0. The number of methoxy groups -OCH3 is 1. The van der Waals surface area contributed by atoms with E-state index in [-0.39, 0.29) is 16.7 Å². The minimum Gasteiger partial charge on any atom is -0.506 e. The molecule has 1 amide bonds. The van der Waals surface area contributed by atoms with Gasteiger partial charge < -0.3 is 15.2 Å². The van der Waals surface area contributed by atoms with E-state index in [0.717, 1.165) is 0 Å². The van der Waals surface area contributed by atoms with Gasteiger partial charge in [0.2, 0.25) is 0 Å². The van der Waals surface area contributed by atoms with Crippen molar-refractivity contribution in [2.45, 2.75) is 0 Å². The van der Waals surface area contributed by atoms with Gasteiger partial charge in [-0.3, -0.25) is 4.79 Å². The van der Waals surface area contributed by atoms with Crippen LogP contribution < -0.4 is 10.1 Å². The van der Waals surface area contributed by atoms with Crippen molar-refractivity contribution in [2.75, 3.05) is 12.4 Å². The summed E-state index contributed by atoms with van der Waals surface area (Å²) < 4.78 is 5.14. The molecule has 0 fully saturated rings. The summed E-state index contributed by atoms with van der Waals surface area (Å²) in [5.41, 5.74) is 0.768. The first kappa shape index (κ1) is 14.5. The van der Waals surface area contributed by atoms with Gasteiger partial charge in [0.1, 0.15) is 11.5 Å². The molecule has 2 N–H and O–H groups in total. The Hall–Kier alpha value is -1.91. The van der Waals surface area contributed by atoms with Crippen LogP contribution in [0.3, 0.4) is 0 Å². The van der Waals surface area contributed by atoms with E-state index in [2.05, 4.69) is 5.32 Å². The number of phenols is 1. The maximum absolute atomic E-state index is 12.1. The Labute approximate surface area is 125 Å². The van der Waals surface area contributed by atoms with E-state index in [9.17, 15) is 9.90 Å². The first-order valence-electron chi connectivity index (χ1n) is 5.64. The maximum atomic E-state index is 12.1. The molecule has 0 aliphatic rings. The Bertz CT molecular complexity index is 659. The highest BCUT2D eigenvalue weighted by atomic mass is 35.5. The molecule has 2 aromatic rings. The van der Waals surface area contributed by atoms with E-state index in [1.807, 2.05) is 0 Å². The lowest BCUT2D eigenvalue weighted by molar-refractivity contribution is 0.102. The summed E-state index contributed by atoms with van der Waals surface area (Å²) in [7, 11) is 1.50. The van der Waals surface area contributed by atoms with Crippen molar-refractivity contribution in [3.05, 3.63) is 52.0 Å². The second kappa shape index (κ2) is 6.03. The van der Waals surface area contributed by atoms with Gasteiger partial charge in [-0.25, -0.2) is 0 Å². The van der Waals surface area contributed by atoms with Crippen LogP contribution in [0.2, 0.25) is 10.0 Å². The summed E-state index contributed by atoms with van der Waals surface area (Å²) >= 11 is 11.7. The second-order valence-electron chi connectivity index (χ2n) is 3.96. The van der Waals surface area contributed by atoms with Gasteiger partial charge in [-0.2, -0.15) is 0 Å². The van der Waals surface area contributed by atoms with E-state index in [1.165, 1.54) is 25.3 Å². The number of hydrogen-bond donors (Lipinski definition) is 2. The van der Waals surface area contributed by atoms with Crippen LogP contribution in [0.15, 0.2) is 36.4 Å². The molecule has 0 aromatic heterocycles. The number of benzene rings is 2. The van der Waals surface area contributed by atoms with Crippen LogP contribution in [0.4, 0.5) is 5.69 Å². The fourth-order valence-corrected chi connectivity index (χ4v) is 1.97. The minimum atomic E-state index is -0.382. The Morgan fingerprint density at radius 2 is 1.95 bits per heavy atom. The van der Waals surface area contributed by atoms with Crippen LogP contribution in [-0.2, 0) is 0 Å². The van der Waals surface area contributed by atoms with E-state index in [0.29, 0.717) is 22.0 Å². The van der Waals surface area contributed by atoms with Gasteiger partial charge in [-0.15, -0.1) is 0 Å². The first-order valence-corrected chi connectivity index (χ1v) is 6.40. The molecule has 0 saturated heterocycles. The fourth-order valence-electron chi connectivity index (χ4n) is 1.62. The smallest absolute Gasteiger partial charge is 0.255 e. The van der Waals surface area contributed by atoms with Gasteiger partial charge in [-0.05, 0) is 36.4 Å². The highest BCUT2D eigenvalue weighted by molar-refractivity contribution is 6.32. The lowest BCUT2D eigenvalue weighted by Crippen LogP contribution is -2.12. The molecule has 0 atom stereocenters. The number of nitrogens with one attached hydrogen (secondary N) is 1. The van der Waals surface area contributed by atoms with Crippen LogP contribution in [0.25, 0.3) is 0 Å². The average molecular weight is 312 g/mol. The monoisotopic (exact) mass is 311 g/mol. The molecule has 0 bridgehead atoms. The number of aromatic hydroxyl groups is 1. The molecule has 20 heavy (non-hydrogen) atoms. The fraction of sp³-hybridized carbons (Fsp3) is 0.0714. The standard InChI is InChI=1S/C14H11Cl2NO3/c1-20-13-5-3-9(15)7-11(13)17-14(19)8-2-4-12(18)10(16)6-8/h2-7,18H,1H3,(H,17,19). The number of hydrogen-bond acceptors (Lipinski definition) is 3. The highest BCUT2D eigenvalue weighted by Gasteiger charge is 2.12. The van der Waals surface area contributed by atoms with Crippen molar-refractivity contribution >= 4 is 34.8 Å². The lowest BCUT2D eigenvalue weighted by Gasteiger charge is -2.11. The van der Waals surface area contributed by atoms with Crippen LogP contribution in [0.1, 0.15) is 10.4 Å². The molecule has 0 heterocycles. The van der Waals surface area contributed by atoms with Crippen LogP contribution in [-0.4, -0.2) is 18.1 Å². The first-order chi connectivity index (χ1) is 9.51. The second-order valence-corrected chi connectivity index (χ2v) is 4.81. The number of halogens is 2. The third kappa shape index (κ3) is 3.15. The van der Waals surface area contributed by atoms with E-state index >= 15 is 0 Å². The Kier molecular flexibility index (Phi) is 4.37. The molecule has 0 aliphatic heterocycles. The number of carbonyl (C=O) groups excluding carboxylic acids is 1. The summed E-state index contributed by atoms with van der Waals surface area (Å²) in [5.74, 6) is 0.0312. The van der Waals surface area contributed by atoms with Gasteiger partial charge in [0, 0.05) is 10.6 Å². The topological polar surface area (TPSA) is 58.6 Å². The summed E-state index contributed by atoms with van der Waals surface area (Å²) in [6, 6.07) is 9.10. The van der Waals surface area contributed by atoms with Gasteiger partial charge in [0.25, 0.3) is 5.91 Å². The maximum Gasteiger partial charge on any atom is 0.255 e. The molecule has 0 aliphatic carbocycles. The molecule has 0 unspecified atom stereocenters. The molecule has 104 valence electrons. The molecule has 4 nitrogen and oxygen atoms in total. The normalized spacial score (nSPS) is 10.2. The predicted octanol–water partition coefficient (Wildman–Crippen LogP) is 3.96. The quantitative estimate of drug-likeness (QED) is 0.902. The van der Waals surface area contributed by atoms with Crippen molar-refractivity contribution in [1.82, 2.24) is 0 Å². The van der Waals surface area contributed by atoms with Crippen molar-refractivity contribution in [2.24, 2.45) is 0 Å². The minimum absolute atomic E-state index is 0.0800. The van der Waals surface area contributed by atoms with Gasteiger partial charge >= 0.3 is 0 Å². The summed E-state index contributed by atoms with van der Waals surface area (Å²) in [4.78, 5) is 12.1. The summed E-state index contributed by atoms with van der Waals surface area (Å²) in [6.45, 7) is 0. The van der Waals surface area contributed by atoms with Gasteiger partial charge in [0.15, 0.2) is 0 Å². The van der Waals surface area contributed by atoms with Gasteiger partial charge in [-0.1, -0.05) is 23.2 Å². The van der Waals surface area contributed by atoms with Crippen LogP contribution in [0, 0.1) is 0 Å². The Morgan fingerprint density at radius 3 is 2.60 bits per heavy atom. The molecule has 2 aromatic carbocycles. The van der Waals surface area contributed by atoms with Crippen molar-refractivity contribution in [3.63, 3.8) is 0 Å². The van der Waals surface area contributed by atoms with E-state index < -0.39 is 0 Å². The molecular formula is C14H11Cl2NO3. The van der Waals surface area contributed by atoms with Crippen molar-refractivity contribution in [3.8, 4) is 11.5 Å². The number of ether oxygens (including phenoxy) is 1. The molecule has 2 rings (SSSR count). The SMILES string of the molecule is COc1ccc(Cl)cc1NC(=O)c1ccc(O)c(Cl)c1. The zero-order valence-electron chi connectivity index (χ0n) is 10.5. The van der Waals surface area contributed by atoms with E-state index in [4.69, 9.17) is 27.9 Å². The molecular weight excluding hydrogens is 301 g/mol. The van der Waals surface area contributed by atoms with Crippen molar-refractivity contribution in [1.29, 1.82) is 0 Å². The third-order valence-electron chi connectivity index (χ3n) is 2.62. The largest absolute Gasteiger partial charge is 0.506 e. The number of rotatable bonds is 3. The molecule has 0 radical (unpaired) electrons. The highest BCUT2D eigenvalue weighted by Crippen LogP contribution is 2.29. The van der Waals surface area contributed by atoms with E-state index in [1.54, 1.807) is 18.2 Å². The number of anilines is 1. The third-order valence-corrected chi connectivity index (χ3v) is 3.16. The number of phenolic OH excluding ortho intramolecular Hbond substituents is 1. The number of carbonyl (C=O) groups is 1. The number of amides is 1. The Balaban J connectivity index is 2.27. The molecule has 6 heteroatoms. The molecule has 0 spiro atoms.